The van der Waals surface area contributed by atoms with Crippen LogP contribution in [0, 0.1) is 12.8 Å². The third-order valence-corrected chi connectivity index (χ3v) is 4.01. The first-order valence-electron chi connectivity index (χ1n) is 8.07. The van der Waals surface area contributed by atoms with Gasteiger partial charge in [0.15, 0.2) is 0 Å². The van der Waals surface area contributed by atoms with Crippen molar-refractivity contribution < 1.29 is 4.74 Å². The highest BCUT2D eigenvalue weighted by Crippen LogP contribution is 2.27. The topological polar surface area (TPSA) is 47.6 Å². The fraction of sp³-hybridized carbons (Fsp3) is 0.611. The maximum Gasteiger partial charge on any atom is 0.123 e. The Balaban J connectivity index is 0.00000106. The molecule has 0 saturated heterocycles. The van der Waals surface area contributed by atoms with E-state index in [2.05, 4.69) is 6.92 Å². The normalized spacial score (nSPS) is 21.8. The van der Waals surface area contributed by atoms with E-state index in [0.29, 0.717) is 6.04 Å². The van der Waals surface area contributed by atoms with Gasteiger partial charge < -0.3 is 10.5 Å². The molecule has 3 heteroatoms. The molecule has 1 saturated carbocycles. The largest absolute Gasteiger partial charge is 0.496 e. The van der Waals surface area contributed by atoms with E-state index in [4.69, 9.17) is 15.5 Å². The average molecular weight is 290 g/mol. The molecule has 0 atom stereocenters. The monoisotopic (exact) mass is 290 g/mol. The lowest BCUT2D eigenvalue weighted by Gasteiger charge is -2.23. The molecule has 1 aromatic rings. The van der Waals surface area contributed by atoms with Crippen LogP contribution in [0.25, 0.3) is 0 Å². The molecule has 118 valence electrons. The Hall–Kier alpha value is -1.51. The summed E-state index contributed by atoms with van der Waals surface area (Å²) in [6.45, 7) is 8.35. The third-order valence-electron chi connectivity index (χ3n) is 4.01. The van der Waals surface area contributed by atoms with Crippen molar-refractivity contribution in [1.82, 2.24) is 0 Å². The smallest absolute Gasteiger partial charge is 0.123 e. The molecule has 1 aliphatic rings. The van der Waals surface area contributed by atoms with Crippen LogP contribution in [0.3, 0.4) is 0 Å². The lowest BCUT2D eigenvalue weighted by Crippen LogP contribution is -2.15. The molecule has 0 spiro atoms. The standard InChI is InChI=1S/C16H24N2O.C2H6/c1-11-4-6-14(7-5-11)18-10-13-8-12(2)16(19-3)9-15(13)17;1-2/h8-11,14H,4-7,17H2,1-3H3;1-2H3. The van der Waals surface area contributed by atoms with Crippen LogP contribution in [-0.4, -0.2) is 19.4 Å². The van der Waals surface area contributed by atoms with Gasteiger partial charge >= 0.3 is 0 Å². The average Bonchev–Trinajstić information content (AvgIpc) is 2.51. The molecule has 0 aromatic heterocycles. The number of benzene rings is 1. The van der Waals surface area contributed by atoms with Gasteiger partial charge in [0.2, 0.25) is 0 Å². The van der Waals surface area contributed by atoms with Gasteiger partial charge in [0.25, 0.3) is 0 Å². The van der Waals surface area contributed by atoms with Crippen LogP contribution in [0.1, 0.15) is 57.6 Å². The van der Waals surface area contributed by atoms with Crippen molar-refractivity contribution in [2.45, 2.75) is 59.4 Å². The van der Waals surface area contributed by atoms with Gasteiger partial charge in [-0.15, -0.1) is 0 Å². The van der Waals surface area contributed by atoms with E-state index in [1.165, 1.54) is 25.7 Å². The van der Waals surface area contributed by atoms with Gasteiger partial charge in [0.05, 0.1) is 7.11 Å². The molecule has 1 fully saturated rings. The van der Waals surface area contributed by atoms with Gasteiger partial charge in [0, 0.05) is 29.6 Å². The predicted molar refractivity (Wildman–Crippen MR) is 92.5 cm³/mol. The maximum absolute atomic E-state index is 6.03. The summed E-state index contributed by atoms with van der Waals surface area (Å²) < 4.78 is 5.26. The zero-order valence-electron chi connectivity index (χ0n) is 14.1. The quantitative estimate of drug-likeness (QED) is 0.652. The van der Waals surface area contributed by atoms with E-state index in [-0.39, 0.29) is 0 Å². The number of nitrogen functional groups attached to an aromatic ring is 1. The van der Waals surface area contributed by atoms with Gasteiger partial charge in [-0.2, -0.15) is 0 Å². The van der Waals surface area contributed by atoms with Crippen molar-refractivity contribution in [3.63, 3.8) is 0 Å². The lowest BCUT2D eigenvalue weighted by molar-refractivity contribution is 0.350. The molecule has 3 nitrogen and oxygen atoms in total. The Kier molecular flexibility index (Phi) is 7.27. The van der Waals surface area contributed by atoms with Crippen LogP contribution < -0.4 is 10.5 Å². The highest BCUT2D eigenvalue weighted by Gasteiger charge is 2.16. The van der Waals surface area contributed by atoms with Crippen molar-refractivity contribution in [3.8, 4) is 5.75 Å². The second-order valence-corrected chi connectivity index (χ2v) is 5.64. The zero-order chi connectivity index (χ0) is 15.8. The molecule has 0 heterocycles. The Morgan fingerprint density at radius 3 is 2.38 bits per heavy atom. The van der Waals surface area contributed by atoms with E-state index in [1.807, 2.05) is 39.1 Å². The zero-order valence-corrected chi connectivity index (χ0v) is 14.1. The van der Waals surface area contributed by atoms with E-state index in [0.717, 1.165) is 28.5 Å². The molecule has 0 unspecified atom stereocenters. The highest BCUT2D eigenvalue weighted by molar-refractivity contribution is 5.88. The van der Waals surface area contributed by atoms with Gasteiger partial charge in [-0.25, -0.2) is 0 Å². The fourth-order valence-corrected chi connectivity index (χ4v) is 2.64. The number of nitrogens with zero attached hydrogens (tertiary/aromatic N) is 1. The first-order valence-corrected chi connectivity index (χ1v) is 8.07. The molecule has 0 radical (unpaired) electrons. The maximum atomic E-state index is 6.03. The number of nitrogens with two attached hydrogens (primary N) is 1. The molecular formula is C18H30N2O. The second-order valence-electron chi connectivity index (χ2n) is 5.64. The first kappa shape index (κ1) is 17.5. The SMILES string of the molecule is CC.COc1cc(N)c(C=NC2CCC(C)CC2)cc1C. The molecule has 2 rings (SSSR count). The number of aliphatic imine (C=N–C) groups is 1. The van der Waals surface area contributed by atoms with Crippen molar-refractivity contribution in [1.29, 1.82) is 0 Å². The van der Waals surface area contributed by atoms with Crippen LogP contribution in [0.15, 0.2) is 17.1 Å². The van der Waals surface area contributed by atoms with Crippen LogP contribution in [-0.2, 0) is 0 Å². The lowest BCUT2D eigenvalue weighted by atomic mass is 9.88. The van der Waals surface area contributed by atoms with Crippen LogP contribution >= 0.6 is 0 Å². The summed E-state index contributed by atoms with van der Waals surface area (Å²) in [6.07, 6.45) is 6.92. The Morgan fingerprint density at radius 2 is 1.81 bits per heavy atom. The van der Waals surface area contributed by atoms with E-state index in [9.17, 15) is 0 Å². The predicted octanol–water partition coefficient (Wildman–Crippen LogP) is 4.61. The molecule has 0 bridgehead atoms. The fourth-order valence-electron chi connectivity index (χ4n) is 2.64. The molecule has 2 N–H and O–H groups in total. The van der Waals surface area contributed by atoms with Crippen LogP contribution in [0.2, 0.25) is 0 Å². The van der Waals surface area contributed by atoms with Gasteiger partial charge in [-0.1, -0.05) is 20.8 Å². The number of aryl methyl sites for hydroxylation is 1. The summed E-state index contributed by atoms with van der Waals surface area (Å²) in [5, 5.41) is 0. The molecule has 0 aliphatic heterocycles. The van der Waals surface area contributed by atoms with Crippen molar-refractivity contribution >= 4 is 11.9 Å². The Morgan fingerprint density at radius 1 is 1.19 bits per heavy atom. The molecule has 1 aromatic carbocycles. The molecule has 0 amide bonds. The minimum atomic E-state index is 0.470. The summed E-state index contributed by atoms with van der Waals surface area (Å²) in [5.41, 5.74) is 8.85. The van der Waals surface area contributed by atoms with Gasteiger partial charge in [0.1, 0.15) is 5.75 Å². The number of methoxy groups -OCH3 is 1. The van der Waals surface area contributed by atoms with Crippen molar-refractivity contribution in [2.75, 3.05) is 12.8 Å². The second kappa shape index (κ2) is 8.71. The summed E-state index contributed by atoms with van der Waals surface area (Å²) >= 11 is 0. The Labute approximate surface area is 129 Å². The Bertz CT molecular complexity index is 461. The number of anilines is 1. The first-order chi connectivity index (χ1) is 10.1. The molecule has 1 aliphatic carbocycles. The molecular weight excluding hydrogens is 260 g/mol. The third kappa shape index (κ3) is 5.07. The number of hydrogen-bond acceptors (Lipinski definition) is 3. The van der Waals surface area contributed by atoms with Crippen molar-refractivity contribution in [3.05, 3.63) is 23.3 Å². The number of rotatable bonds is 3. The molecule has 21 heavy (non-hydrogen) atoms. The van der Waals surface area contributed by atoms with Gasteiger partial charge in [-0.3, -0.25) is 4.99 Å². The van der Waals surface area contributed by atoms with E-state index < -0.39 is 0 Å². The van der Waals surface area contributed by atoms with E-state index in [1.54, 1.807) is 7.11 Å². The van der Waals surface area contributed by atoms with Crippen molar-refractivity contribution in [2.24, 2.45) is 10.9 Å². The number of hydrogen-bond donors (Lipinski definition) is 1. The minimum absolute atomic E-state index is 0.470. The van der Waals surface area contributed by atoms with Gasteiger partial charge in [-0.05, 0) is 50.2 Å². The highest BCUT2D eigenvalue weighted by atomic mass is 16.5. The summed E-state index contributed by atoms with van der Waals surface area (Å²) in [5.74, 6) is 1.70. The summed E-state index contributed by atoms with van der Waals surface area (Å²) in [6, 6.07) is 4.39. The summed E-state index contributed by atoms with van der Waals surface area (Å²) in [4.78, 5) is 4.70. The summed E-state index contributed by atoms with van der Waals surface area (Å²) in [7, 11) is 1.67. The van der Waals surface area contributed by atoms with E-state index >= 15 is 0 Å². The number of ether oxygens (including phenoxy) is 1. The van der Waals surface area contributed by atoms with Crippen LogP contribution in [0.4, 0.5) is 5.69 Å². The minimum Gasteiger partial charge on any atom is -0.496 e. The van der Waals surface area contributed by atoms with Crippen LogP contribution in [0.5, 0.6) is 5.75 Å².